The van der Waals surface area contributed by atoms with Crippen LogP contribution in [0, 0.1) is 5.92 Å². The van der Waals surface area contributed by atoms with E-state index in [2.05, 4.69) is 4.90 Å². The summed E-state index contributed by atoms with van der Waals surface area (Å²) in [7, 11) is -0.469. The van der Waals surface area contributed by atoms with Gasteiger partial charge in [-0.2, -0.15) is 0 Å². The van der Waals surface area contributed by atoms with Gasteiger partial charge in [-0.05, 0) is 24.0 Å². The molecule has 1 saturated heterocycles. The van der Waals surface area contributed by atoms with Gasteiger partial charge in [0.1, 0.15) is 5.78 Å². The fourth-order valence-corrected chi connectivity index (χ4v) is 6.30. The number of likely N-dealkylation sites (tertiary alicyclic amines) is 1. The highest BCUT2D eigenvalue weighted by atomic mass is 31.2. The Bertz CT molecular complexity index is 906. The van der Waals surface area contributed by atoms with E-state index < -0.39 is 13.4 Å². The fraction of sp³-hybridized carbons (Fsp3) is 0.450. The van der Waals surface area contributed by atoms with Crippen molar-refractivity contribution in [2.24, 2.45) is 5.92 Å². The van der Waals surface area contributed by atoms with Crippen LogP contribution in [0.2, 0.25) is 0 Å². The molecule has 0 spiro atoms. The molecule has 2 aromatic rings. The Morgan fingerprint density at radius 3 is 2.44 bits per heavy atom. The van der Waals surface area contributed by atoms with Crippen LogP contribution in [0.15, 0.2) is 53.3 Å². The van der Waals surface area contributed by atoms with Gasteiger partial charge in [0, 0.05) is 51.5 Å². The Morgan fingerprint density at radius 1 is 1.00 bits per heavy atom. The Hall–Kier alpha value is -1.72. The number of hydrogen-bond donors (Lipinski definition) is 0. The molecule has 7 heteroatoms. The Labute approximate surface area is 159 Å². The van der Waals surface area contributed by atoms with Crippen molar-refractivity contribution < 1.29 is 13.6 Å². The van der Waals surface area contributed by atoms with Crippen molar-refractivity contribution in [1.29, 1.82) is 0 Å². The standard InChI is InChI=1S/C20H25N2O4P/c1-25-27(24,26-2)20(16-7-4-3-5-8-16)21-12-15-11-17(14-21)18-9-6-10-19(23)22(18)13-15/h3-10,15,17,20H,11-14H2,1-2H3/t15-,17+,20?/m1/s1. The highest BCUT2D eigenvalue weighted by Gasteiger charge is 2.45. The van der Waals surface area contributed by atoms with Crippen LogP contribution in [0.25, 0.3) is 0 Å². The molecule has 1 aromatic heterocycles. The Balaban J connectivity index is 1.73. The number of hydrogen-bond acceptors (Lipinski definition) is 5. The smallest absolute Gasteiger partial charge is 0.312 e. The number of aromatic nitrogens is 1. The minimum absolute atomic E-state index is 0.0646. The summed E-state index contributed by atoms with van der Waals surface area (Å²) < 4.78 is 26.1. The van der Waals surface area contributed by atoms with E-state index >= 15 is 0 Å². The van der Waals surface area contributed by atoms with Crippen LogP contribution in [0.3, 0.4) is 0 Å². The molecular formula is C20H25N2O4P. The van der Waals surface area contributed by atoms with Crippen LogP contribution >= 0.6 is 7.60 Å². The molecule has 0 aliphatic carbocycles. The predicted octanol–water partition coefficient (Wildman–Crippen LogP) is 3.45. The molecule has 0 saturated carbocycles. The van der Waals surface area contributed by atoms with Gasteiger partial charge in [0.2, 0.25) is 0 Å². The summed E-state index contributed by atoms with van der Waals surface area (Å²) in [5.41, 5.74) is 2.06. The SMILES string of the molecule is COP(=O)(OC)C(c1ccccc1)N1C[C@H]2C[C@@H](C1)c1cccc(=O)n1C2. The second-order valence-corrected chi connectivity index (χ2v) is 9.64. The first-order valence-corrected chi connectivity index (χ1v) is 10.9. The fourth-order valence-electron chi connectivity index (χ4n) is 4.63. The maximum Gasteiger partial charge on any atom is 0.351 e. The first-order valence-electron chi connectivity index (χ1n) is 9.25. The molecule has 0 N–H and O–H groups in total. The zero-order valence-electron chi connectivity index (χ0n) is 15.7. The lowest BCUT2D eigenvalue weighted by Gasteiger charge is -2.46. The summed E-state index contributed by atoms with van der Waals surface area (Å²) in [5, 5.41) is 0. The van der Waals surface area contributed by atoms with Gasteiger partial charge in [0.05, 0.1) is 0 Å². The topological polar surface area (TPSA) is 60.8 Å². The number of fused-ring (bicyclic) bond motifs is 4. The summed E-state index contributed by atoms with van der Waals surface area (Å²) in [5.74, 6) is 0.116. The van der Waals surface area contributed by atoms with E-state index in [4.69, 9.17) is 9.05 Å². The van der Waals surface area contributed by atoms with Gasteiger partial charge in [-0.1, -0.05) is 36.4 Å². The number of pyridine rings is 1. The summed E-state index contributed by atoms with van der Waals surface area (Å²) in [6.07, 6.45) is 1.05. The molecule has 0 radical (unpaired) electrons. The van der Waals surface area contributed by atoms with E-state index in [9.17, 15) is 9.36 Å². The number of piperidine rings is 1. The minimum Gasteiger partial charge on any atom is -0.312 e. The lowest BCUT2D eigenvalue weighted by Crippen LogP contribution is -2.48. The molecule has 4 rings (SSSR count). The highest BCUT2D eigenvalue weighted by Crippen LogP contribution is 2.62. The van der Waals surface area contributed by atoms with E-state index in [0.29, 0.717) is 12.5 Å². The van der Waals surface area contributed by atoms with Gasteiger partial charge in [-0.3, -0.25) is 14.3 Å². The van der Waals surface area contributed by atoms with Crippen molar-refractivity contribution in [2.75, 3.05) is 27.3 Å². The van der Waals surface area contributed by atoms with E-state index in [0.717, 1.165) is 30.8 Å². The molecule has 3 atom stereocenters. The van der Waals surface area contributed by atoms with Gasteiger partial charge in [-0.15, -0.1) is 0 Å². The van der Waals surface area contributed by atoms with E-state index in [1.165, 1.54) is 14.2 Å². The van der Waals surface area contributed by atoms with Gasteiger partial charge in [-0.25, -0.2) is 0 Å². The molecule has 144 valence electrons. The third-order valence-electron chi connectivity index (χ3n) is 5.76. The molecule has 3 heterocycles. The molecule has 0 amide bonds. The van der Waals surface area contributed by atoms with Crippen LogP contribution in [-0.2, 0) is 20.2 Å². The molecular weight excluding hydrogens is 363 g/mol. The number of benzene rings is 1. The number of nitrogens with zero attached hydrogens (tertiary/aromatic N) is 2. The second-order valence-electron chi connectivity index (χ2n) is 7.34. The first-order chi connectivity index (χ1) is 13.1. The van der Waals surface area contributed by atoms with Crippen molar-refractivity contribution in [3.63, 3.8) is 0 Å². The first kappa shape index (κ1) is 18.6. The van der Waals surface area contributed by atoms with Gasteiger partial charge in [0.25, 0.3) is 5.56 Å². The van der Waals surface area contributed by atoms with Crippen molar-refractivity contribution in [3.8, 4) is 0 Å². The van der Waals surface area contributed by atoms with Crippen molar-refractivity contribution >= 4 is 7.60 Å². The summed E-state index contributed by atoms with van der Waals surface area (Å²) in [4.78, 5) is 14.5. The molecule has 2 bridgehead atoms. The quantitative estimate of drug-likeness (QED) is 0.735. The zero-order valence-corrected chi connectivity index (χ0v) is 16.5. The summed E-state index contributed by atoms with van der Waals surface area (Å²) in [6.45, 7) is 2.18. The highest BCUT2D eigenvalue weighted by molar-refractivity contribution is 7.54. The van der Waals surface area contributed by atoms with Crippen LogP contribution < -0.4 is 5.56 Å². The zero-order chi connectivity index (χ0) is 19.0. The second kappa shape index (κ2) is 7.36. The average Bonchev–Trinajstić information content (AvgIpc) is 2.69. The monoisotopic (exact) mass is 388 g/mol. The number of rotatable bonds is 5. The molecule has 27 heavy (non-hydrogen) atoms. The van der Waals surface area contributed by atoms with E-state index in [1.807, 2.05) is 47.0 Å². The van der Waals surface area contributed by atoms with E-state index in [-0.39, 0.29) is 11.5 Å². The largest absolute Gasteiger partial charge is 0.351 e. The minimum atomic E-state index is -3.36. The van der Waals surface area contributed by atoms with Crippen LogP contribution in [0.1, 0.15) is 29.4 Å². The van der Waals surface area contributed by atoms with Gasteiger partial charge >= 0.3 is 7.60 Å². The lowest BCUT2D eigenvalue weighted by atomic mass is 9.83. The maximum atomic E-state index is 13.4. The third-order valence-corrected chi connectivity index (χ3v) is 8.00. The summed E-state index contributed by atoms with van der Waals surface area (Å²) >= 11 is 0. The Kier molecular flexibility index (Phi) is 5.08. The van der Waals surface area contributed by atoms with Crippen LogP contribution in [-0.4, -0.2) is 36.8 Å². The van der Waals surface area contributed by atoms with Crippen molar-refractivity contribution in [2.45, 2.75) is 24.7 Å². The Morgan fingerprint density at radius 2 is 1.74 bits per heavy atom. The third kappa shape index (κ3) is 3.32. The molecule has 6 nitrogen and oxygen atoms in total. The normalized spacial score (nSPS) is 23.6. The molecule has 1 fully saturated rings. The molecule has 2 aliphatic rings. The van der Waals surface area contributed by atoms with Gasteiger partial charge in [0.15, 0.2) is 0 Å². The maximum absolute atomic E-state index is 13.4. The lowest BCUT2D eigenvalue weighted by molar-refractivity contribution is 0.0927. The van der Waals surface area contributed by atoms with Crippen molar-refractivity contribution in [1.82, 2.24) is 9.47 Å². The van der Waals surface area contributed by atoms with E-state index in [1.54, 1.807) is 6.07 Å². The van der Waals surface area contributed by atoms with Crippen LogP contribution in [0.5, 0.6) is 0 Å². The predicted molar refractivity (Wildman–Crippen MR) is 104 cm³/mol. The average molecular weight is 388 g/mol. The molecule has 2 aliphatic heterocycles. The summed E-state index contributed by atoms with van der Waals surface area (Å²) in [6, 6.07) is 15.3. The molecule has 1 unspecified atom stereocenters. The van der Waals surface area contributed by atoms with Gasteiger partial charge < -0.3 is 13.6 Å². The van der Waals surface area contributed by atoms with Crippen molar-refractivity contribution in [3.05, 3.63) is 70.1 Å². The molecule has 1 aromatic carbocycles. The van der Waals surface area contributed by atoms with Crippen LogP contribution in [0.4, 0.5) is 0 Å².